The topological polar surface area (TPSA) is 70.7 Å². The second-order valence-corrected chi connectivity index (χ2v) is 8.07. The molecule has 2 rings (SSSR count). The maximum absolute atomic E-state index is 12.3. The van der Waals surface area contributed by atoms with Crippen molar-refractivity contribution in [1.29, 1.82) is 5.26 Å². The number of imidazole rings is 1. The Balaban J connectivity index is 2.05. The van der Waals surface area contributed by atoms with E-state index in [4.69, 9.17) is 0 Å². The molecule has 26 heavy (non-hydrogen) atoms. The summed E-state index contributed by atoms with van der Waals surface area (Å²) >= 11 is 1.36. The molecule has 0 fully saturated rings. The number of nitrogens with one attached hydrogen (secondary N) is 1. The Morgan fingerprint density at radius 1 is 1.31 bits per heavy atom. The summed E-state index contributed by atoms with van der Waals surface area (Å²) in [5.41, 5.74) is 1.44. The summed E-state index contributed by atoms with van der Waals surface area (Å²) < 4.78 is 1.97. The number of hydrogen-bond donors (Lipinski definition) is 1. The quantitative estimate of drug-likeness (QED) is 0.744. The molecule has 0 spiro atoms. The van der Waals surface area contributed by atoms with E-state index in [1.54, 1.807) is 13.1 Å². The van der Waals surface area contributed by atoms with Crippen LogP contribution in [-0.4, -0.2) is 26.8 Å². The van der Waals surface area contributed by atoms with Gasteiger partial charge in [0.15, 0.2) is 5.16 Å². The van der Waals surface area contributed by atoms with Gasteiger partial charge in [0.25, 0.3) is 0 Å². The summed E-state index contributed by atoms with van der Waals surface area (Å²) in [5, 5.41) is 12.9. The zero-order valence-corrected chi connectivity index (χ0v) is 16.8. The van der Waals surface area contributed by atoms with Crippen LogP contribution < -0.4 is 5.32 Å². The SMILES string of the molecule is CC(C)c1ccc(-n2ccnc2SCC(=O)N[C@](C)(C#N)C(C)C)cc1. The van der Waals surface area contributed by atoms with Crippen LogP contribution in [0.25, 0.3) is 5.69 Å². The molecule has 0 bridgehead atoms. The molecule has 0 radical (unpaired) electrons. The number of aromatic nitrogens is 2. The van der Waals surface area contributed by atoms with Gasteiger partial charge in [-0.15, -0.1) is 0 Å². The molecule has 138 valence electrons. The number of carbonyl (C=O) groups excluding carboxylic acids is 1. The first-order chi connectivity index (χ1) is 12.3. The third-order valence-electron chi connectivity index (χ3n) is 4.56. The Morgan fingerprint density at radius 2 is 1.96 bits per heavy atom. The molecule has 1 atom stereocenters. The van der Waals surface area contributed by atoms with Crippen molar-refractivity contribution < 1.29 is 4.79 Å². The van der Waals surface area contributed by atoms with Crippen LogP contribution in [0.15, 0.2) is 41.8 Å². The molecule has 0 saturated carbocycles. The number of nitrogens with zero attached hydrogens (tertiary/aromatic N) is 3. The molecular weight excluding hydrogens is 344 g/mol. The Kier molecular flexibility index (Phi) is 6.49. The van der Waals surface area contributed by atoms with Gasteiger partial charge in [-0.25, -0.2) is 4.98 Å². The van der Waals surface area contributed by atoms with E-state index in [9.17, 15) is 10.1 Å². The Bertz CT molecular complexity index is 789. The number of hydrogen-bond acceptors (Lipinski definition) is 4. The van der Waals surface area contributed by atoms with Crippen LogP contribution >= 0.6 is 11.8 Å². The lowest BCUT2D eigenvalue weighted by Crippen LogP contribution is -2.49. The predicted octanol–water partition coefficient (Wildman–Crippen LogP) is 4.14. The molecule has 5 nitrogen and oxygen atoms in total. The first kappa shape index (κ1) is 20.1. The second kappa shape index (κ2) is 8.41. The number of nitriles is 1. The average Bonchev–Trinajstić information content (AvgIpc) is 3.08. The Hall–Kier alpha value is -2.26. The normalized spacial score (nSPS) is 13.5. The molecule has 0 saturated heterocycles. The highest BCUT2D eigenvalue weighted by atomic mass is 32.2. The van der Waals surface area contributed by atoms with Crippen molar-refractivity contribution in [2.75, 3.05) is 5.75 Å². The van der Waals surface area contributed by atoms with Gasteiger partial charge < -0.3 is 5.32 Å². The highest BCUT2D eigenvalue weighted by molar-refractivity contribution is 7.99. The summed E-state index contributed by atoms with van der Waals surface area (Å²) in [7, 11) is 0. The average molecular weight is 371 g/mol. The summed E-state index contributed by atoms with van der Waals surface area (Å²) in [6.45, 7) is 9.92. The predicted molar refractivity (Wildman–Crippen MR) is 105 cm³/mol. The van der Waals surface area contributed by atoms with Crippen LogP contribution in [0, 0.1) is 17.2 Å². The number of benzene rings is 1. The fraction of sp³-hybridized carbons (Fsp3) is 0.450. The van der Waals surface area contributed by atoms with Crippen LogP contribution in [0.1, 0.15) is 46.1 Å². The summed E-state index contributed by atoms with van der Waals surface area (Å²) in [4.78, 5) is 16.6. The zero-order valence-electron chi connectivity index (χ0n) is 16.0. The monoisotopic (exact) mass is 370 g/mol. The minimum absolute atomic E-state index is 0.0305. The minimum Gasteiger partial charge on any atom is -0.337 e. The van der Waals surface area contributed by atoms with Crippen molar-refractivity contribution in [1.82, 2.24) is 14.9 Å². The molecule has 0 unspecified atom stereocenters. The molecule has 1 heterocycles. The number of amides is 1. The highest BCUT2D eigenvalue weighted by Gasteiger charge is 2.29. The molecule has 0 aliphatic rings. The van der Waals surface area contributed by atoms with Crippen molar-refractivity contribution in [3.05, 3.63) is 42.2 Å². The van der Waals surface area contributed by atoms with Crippen LogP contribution in [0.3, 0.4) is 0 Å². The van der Waals surface area contributed by atoms with Crippen molar-refractivity contribution in [2.45, 2.75) is 51.2 Å². The van der Waals surface area contributed by atoms with E-state index in [-0.39, 0.29) is 17.6 Å². The van der Waals surface area contributed by atoms with Gasteiger partial charge in [0, 0.05) is 18.1 Å². The summed E-state index contributed by atoms with van der Waals surface area (Å²) in [5.74, 6) is 0.561. The van der Waals surface area contributed by atoms with Crippen LogP contribution in [0.2, 0.25) is 0 Å². The van der Waals surface area contributed by atoms with Crippen molar-refractivity contribution in [3.63, 3.8) is 0 Å². The van der Waals surface area contributed by atoms with Gasteiger partial charge in [-0.2, -0.15) is 5.26 Å². The number of carbonyl (C=O) groups is 1. The third-order valence-corrected chi connectivity index (χ3v) is 5.53. The lowest BCUT2D eigenvalue weighted by atomic mass is 9.90. The largest absolute Gasteiger partial charge is 0.337 e. The molecule has 1 amide bonds. The van der Waals surface area contributed by atoms with E-state index in [0.717, 1.165) is 10.8 Å². The van der Waals surface area contributed by atoms with Gasteiger partial charge in [0.2, 0.25) is 5.91 Å². The van der Waals surface area contributed by atoms with Crippen LogP contribution in [-0.2, 0) is 4.79 Å². The van der Waals surface area contributed by atoms with E-state index in [1.807, 2.05) is 24.6 Å². The van der Waals surface area contributed by atoms with Crippen molar-refractivity contribution in [3.8, 4) is 11.8 Å². The number of rotatable bonds is 7. The molecule has 0 aliphatic carbocycles. The fourth-order valence-electron chi connectivity index (χ4n) is 2.37. The van der Waals surface area contributed by atoms with Crippen LogP contribution in [0.4, 0.5) is 0 Å². The minimum atomic E-state index is -0.861. The molecule has 6 heteroatoms. The molecule has 0 aliphatic heterocycles. The molecular formula is C20H26N4OS. The van der Waals surface area contributed by atoms with Gasteiger partial charge in [-0.1, -0.05) is 51.6 Å². The van der Waals surface area contributed by atoms with E-state index < -0.39 is 5.54 Å². The van der Waals surface area contributed by atoms with E-state index in [2.05, 4.69) is 54.5 Å². The van der Waals surface area contributed by atoms with Crippen molar-refractivity contribution >= 4 is 17.7 Å². The van der Waals surface area contributed by atoms with Gasteiger partial charge in [-0.3, -0.25) is 9.36 Å². The molecule has 2 aromatic rings. The Morgan fingerprint density at radius 3 is 2.50 bits per heavy atom. The maximum atomic E-state index is 12.3. The molecule has 1 aromatic heterocycles. The zero-order chi connectivity index (χ0) is 19.3. The third kappa shape index (κ3) is 4.67. The van der Waals surface area contributed by atoms with Gasteiger partial charge in [0.1, 0.15) is 5.54 Å². The van der Waals surface area contributed by atoms with E-state index in [0.29, 0.717) is 5.92 Å². The van der Waals surface area contributed by atoms with E-state index >= 15 is 0 Å². The van der Waals surface area contributed by atoms with Crippen LogP contribution in [0.5, 0.6) is 0 Å². The summed E-state index contributed by atoms with van der Waals surface area (Å²) in [6.07, 6.45) is 3.61. The van der Waals surface area contributed by atoms with Gasteiger partial charge in [-0.05, 0) is 36.5 Å². The lowest BCUT2D eigenvalue weighted by Gasteiger charge is -2.27. The fourth-order valence-corrected chi connectivity index (χ4v) is 3.14. The summed E-state index contributed by atoms with van der Waals surface area (Å²) in [6, 6.07) is 10.5. The molecule has 1 aromatic carbocycles. The first-order valence-corrected chi connectivity index (χ1v) is 9.74. The smallest absolute Gasteiger partial charge is 0.231 e. The first-order valence-electron chi connectivity index (χ1n) is 8.75. The second-order valence-electron chi connectivity index (χ2n) is 7.13. The van der Waals surface area contributed by atoms with Gasteiger partial charge in [0.05, 0.1) is 11.8 Å². The Labute approximate surface area is 159 Å². The maximum Gasteiger partial charge on any atom is 0.231 e. The van der Waals surface area contributed by atoms with Crippen molar-refractivity contribution in [2.24, 2.45) is 5.92 Å². The number of thioether (sulfide) groups is 1. The van der Waals surface area contributed by atoms with E-state index in [1.165, 1.54) is 17.3 Å². The van der Waals surface area contributed by atoms with Gasteiger partial charge >= 0.3 is 0 Å². The lowest BCUT2D eigenvalue weighted by molar-refractivity contribution is -0.120. The molecule has 1 N–H and O–H groups in total. The highest BCUT2D eigenvalue weighted by Crippen LogP contribution is 2.23. The standard InChI is InChI=1S/C20H26N4OS/c1-14(2)16-6-8-17(9-7-16)24-11-10-22-19(24)26-12-18(25)23-20(5,13-21)15(3)4/h6-11,14-15H,12H2,1-5H3,(H,23,25)/t20-/m1/s1.